The van der Waals surface area contributed by atoms with Gasteiger partial charge < -0.3 is 11.1 Å². The van der Waals surface area contributed by atoms with E-state index in [1.165, 1.54) is 12.3 Å². The van der Waals surface area contributed by atoms with Crippen molar-refractivity contribution in [1.82, 2.24) is 4.98 Å². The van der Waals surface area contributed by atoms with Gasteiger partial charge in [0.05, 0.1) is 17.6 Å². The van der Waals surface area contributed by atoms with Crippen molar-refractivity contribution in [3.8, 4) is 0 Å². The van der Waals surface area contributed by atoms with Crippen LogP contribution in [0.25, 0.3) is 0 Å². The first-order valence-corrected chi connectivity index (χ1v) is 5.94. The molecule has 0 atom stereocenters. The van der Waals surface area contributed by atoms with Gasteiger partial charge in [0.15, 0.2) is 5.82 Å². The number of nitrogens with one attached hydrogen (secondary N) is 1. The Morgan fingerprint density at radius 2 is 2.00 bits per heavy atom. The quantitative estimate of drug-likeness (QED) is 0.658. The van der Waals surface area contributed by atoms with Crippen LogP contribution in [0.4, 0.5) is 20.2 Å². The highest BCUT2D eigenvalue weighted by Crippen LogP contribution is 2.20. The van der Waals surface area contributed by atoms with E-state index >= 15 is 0 Å². The summed E-state index contributed by atoms with van der Waals surface area (Å²) < 4.78 is 27.7. The van der Waals surface area contributed by atoms with E-state index in [2.05, 4.69) is 26.2 Å². The molecular formula is C12H8BrF2N3O. The lowest BCUT2D eigenvalue weighted by Gasteiger charge is -2.08. The van der Waals surface area contributed by atoms with Crippen LogP contribution in [0.15, 0.2) is 35.1 Å². The second kappa shape index (κ2) is 5.31. The zero-order valence-corrected chi connectivity index (χ0v) is 11.0. The third-order valence-electron chi connectivity index (χ3n) is 2.33. The van der Waals surface area contributed by atoms with Crippen LogP contribution in [-0.2, 0) is 0 Å². The maximum absolute atomic E-state index is 13.6. The lowest BCUT2D eigenvalue weighted by Crippen LogP contribution is -2.17. The van der Waals surface area contributed by atoms with Crippen LogP contribution in [0.2, 0.25) is 0 Å². The molecule has 0 aliphatic heterocycles. The number of anilines is 2. The van der Waals surface area contributed by atoms with Gasteiger partial charge in [0.25, 0.3) is 5.91 Å². The van der Waals surface area contributed by atoms with E-state index in [0.29, 0.717) is 10.3 Å². The molecule has 1 aromatic heterocycles. The van der Waals surface area contributed by atoms with Crippen molar-refractivity contribution in [3.05, 3.63) is 52.3 Å². The van der Waals surface area contributed by atoms with Crippen molar-refractivity contribution < 1.29 is 13.6 Å². The van der Waals surface area contributed by atoms with Crippen LogP contribution in [0.1, 0.15) is 10.4 Å². The minimum absolute atomic E-state index is 0.291. The first-order valence-electron chi connectivity index (χ1n) is 5.15. The molecule has 0 aliphatic rings. The largest absolute Gasteiger partial charge is 0.396 e. The standard InChI is InChI=1S/C12H8BrF2N3O/c13-9-4-1-6(5-17-9)18-12(19)10-7(14)2-3-8(16)11(10)15/h1-5H,16H2,(H,18,19). The summed E-state index contributed by atoms with van der Waals surface area (Å²) in [6.45, 7) is 0. The number of rotatable bonds is 2. The highest BCUT2D eigenvalue weighted by molar-refractivity contribution is 9.10. The fourth-order valence-corrected chi connectivity index (χ4v) is 1.65. The van der Waals surface area contributed by atoms with Gasteiger partial charge in [-0.1, -0.05) is 0 Å². The second-order valence-corrected chi connectivity index (χ2v) is 4.46. The SMILES string of the molecule is Nc1ccc(F)c(C(=O)Nc2ccc(Br)nc2)c1F. The summed E-state index contributed by atoms with van der Waals surface area (Å²) in [5.74, 6) is -2.98. The molecule has 98 valence electrons. The first-order chi connectivity index (χ1) is 8.99. The molecule has 19 heavy (non-hydrogen) atoms. The van der Waals surface area contributed by atoms with Crippen LogP contribution in [0.5, 0.6) is 0 Å². The molecule has 0 saturated carbocycles. The van der Waals surface area contributed by atoms with Gasteiger partial charge in [-0.15, -0.1) is 0 Å². The maximum Gasteiger partial charge on any atom is 0.261 e. The van der Waals surface area contributed by atoms with Crippen LogP contribution in [0.3, 0.4) is 0 Å². The first kappa shape index (κ1) is 13.4. The van der Waals surface area contributed by atoms with Gasteiger partial charge >= 0.3 is 0 Å². The third-order valence-corrected chi connectivity index (χ3v) is 2.80. The lowest BCUT2D eigenvalue weighted by atomic mass is 10.1. The molecule has 1 aromatic carbocycles. The normalized spacial score (nSPS) is 10.3. The minimum atomic E-state index is -1.08. The number of nitrogen functional groups attached to an aromatic ring is 1. The summed E-state index contributed by atoms with van der Waals surface area (Å²) in [4.78, 5) is 15.7. The average molecular weight is 328 g/mol. The number of halogens is 3. The second-order valence-electron chi connectivity index (χ2n) is 3.65. The van der Waals surface area contributed by atoms with E-state index in [-0.39, 0.29) is 5.69 Å². The monoisotopic (exact) mass is 327 g/mol. The van der Waals surface area contributed by atoms with E-state index < -0.39 is 23.1 Å². The van der Waals surface area contributed by atoms with Crippen molar-refractivity contribution in [2.24, 2.45) is 0 Å². The number of nitrogens with zero attached hydrogens (tertiary/aromatic N) is 1. The lowest BCUT2D eigenvalue weighted by molar-refractivity contribution is 0.101. The average Bonchev–Trinajstić information content (AvgIpc) is 2.37. The van der Waals surface area contributed by atoms with Gasteiger partial charge in [-0.25, -0.2) is 13.8 Å². The number of nitrogens with two attached hydrogens (primary N) is 1. The smallest absolute Gasteiger partial charge is 0.261 e. The van der Waals surface area contributed by atoms with E-state index in [0.717, 1.165) is 12.1 Å². The molecule has 4 nitrogen and oxygen atoms in total. The van der Waals surface area contributed by atoms with Crippen molar-refractivity contribution >= 4 is 33.2 Å². The van der Waals surface area contributed by atoms with Crippen LogP contribution in [0, 0.1) is 11.6 Å². The maximum atomic E-state index is 13.6. The van der Waals surface area contributed by atoms with Crippen molar-refractivity contribution in [2.45, 2.75) is 0 Å². The van der Waals surface area contributed by atoms with Gasteiger partial charge in [0, 0.05) is 0 Å². The van der Waals surface area contributed by atoms with Crippen molar-refractivity contribution in [2.75, 3.05) is 11.1 Å². The van der Waals surface area contributed by atoms with Crippen LogP contribution in [-0.4, -0.2) is 10.9 Å². The van der Waals surface area contributed by atoms with E-state index in [4.69, 9.17) is 5.73 Å². The highest BCUT2D eigenvalue weighted by atomic mass is 79.9. The summed E-state index contributed by atoms with van der Waals surface area (Å²) in [6, 6.07) is 5.12. The number of hydrogen-bond donors (Lipinski definition) is 2. The summed E-state index contributed by atoms with van der Waals surface area (Å²) in [7, 11) is 0. The minimum Gasteiger partial charge on any atom is -0.396 e. The van der Waals surface area contributed by atoms with Gasteiger partial charge in [-0.2, -0.15) is 0 Å². The molecule has 0 unspecified atom stereocenters. The molecule has 3 N–H and O–H groups in total. The number of amides is 1. The van der Waals surface area contributed by atoms with Gasteiger partial charge in [0.2, 0.25) is 0 Å². The predicted molar refractivity (Wildman–Crippen MR) is 70.7 cm³/mol. The molecular weight excluding hydrogens is 320 g/mol. The zero-order chi connectivity index (χ0) is 14.0. The molecule has 1 heterocycles. The number of benzene rings is 1. The number of pyridine rings is 1. The van der Waals surface area contributed by atoms with Gasteiger partial charge in [-0.3, -0.25) is 4.79 Å². The molecule has 0 saturated heterocycles. The summed E-state index contributed by atoms with van der Waals surface area (Å²) in [6.07, 6.45) is 1.35. The predicted octanol–water partition coefficient (Wildman–Crippen LogP) is 2.96. The number of hydrogen-bond acceptors (Lipinski definition) is 3. The molecule has 0 spiro atoms. The van der Waals surface area contributed by atoms with Crippen LogP contribution >= 0.6 is 15.9 Å². The Balaban J connectivity index is 2.30. The molecule has 2 aromatic rings. The van der Waals surface area contributed by atoms with E-state index in [9.17, 15) is 13.6 Å². The van der Waals surface area contributed by atoms with Crippen molar-refractivity contribution in [3.63, 3.8) is 0 Å². The van der Waals surface area contributed by atoms with Crippen molar-refractivity contribution in [1.29, 1.82) is 0 Å². The van der Waals surface area contributed by atoms with Gasteiger partial charge in [-0.05, 0) is 40.2 Å². The number of carbonyl (C=O) groups excluding carboxylic acids is 1. The Hall–Kier alpha value is -2.02. The topological polar surface area (TPSA) is 68.0 Å². The summed E-state index contributed by atoms with van der Waals surface area (Å²) in [5.41, 5.74) is 4.60. The molecule has 0 fully saturated rings. The molecule has 7 heteroatoms. The fourth-order valence-electron chi connectivity index (χ4n) is 1.42. The summed E-state index contributed by atoms with van der Waals surface area (Å²) >= 11 is 3.13. The molecule has 1 amide bonds. The third kappa shape index (κ3) is 2.87. The highest BCUT2D eigenvalue weighted by Gasteiger charge is 2.19. The van der Waals surface area contributed by atoms with Gasteiger partial charge in [0.1, 0.15) is 16.0 Å². The number of carbonyl (C=O) groups is 1. The Morgan fingerprint density at radius 1 is 1.26 bits per heavy atom. The molecule has 0 radical (unpaired) electrons. The van der Waals surface area contributed by atoms with E-state index in [1.807, 2.05) is 0 Å². The van der Waals surface area contributed by atoms with Crippen LogP contribution < -0.4 is 11.1 Å². The zero-order valence-electron chi connectivity index (χ0n) is 9.45. The molecule has 2 rings (SSSR count). The molecule has 0 bridgehead atoms. The fraction of sp³-hybridized carbons (Fsp3) is 0. The Bertz CT molecular complexity index is 632. The summed E-state index contributed by atoms with van der Waals surface area (Å²) in [5, 5.41) is 2.34. The Kier molecular flexibility index (Phi) is 3.75. The Labute approximate surface area is 115 Å². The molecule has 0 aliphatic carbocycles. The number of aromatic nitrogens is 1. The Morgan fingerprint density at radius 3 is 2.63 bits per heavy atom. The van der Waals surface area contributed by atoms with E-state index in [1.54, 1.807) is 6.07 Å².